The van der Waals surface area contributed by atoms with E-state index in [0.29, 0.717) is 18.2 Å². The lowest BCUT2D eigenvalue weighted by molar-refractivity contribution is -0.555. The summed E-state index contributed by atoms with van der Waals surface area (Å²) in [6, 6.07) is 4.07. The molecule has 1 aliphatic rings. The third-order valence-electron chi connectivity index (χ3n) is 3.01. The van der Waals surface area contributed by atoms with Gasteiger partial charge in [0.2, 0.25) is 6.29 Å². The van der Waals surface area contributed by atoms with Crippen LogP contribution in [0.2, 0.25) is 0 Å². The minimum atomic E-state index is -1.99. The molecule has 0 bridgehead atoms. The number of ether oxygens (including phenoxy) is 2. The summed E-state index contributed by atoms with van der Waals surface area (Å²) in [5.41, 5.74) is 0. The second-order valence-electron chi connectivity index (χ2n) is 5.51. The fourth-order valence-corrected chi connectivity index (χ4v) is 2.03. The Labute approximate surface area is 200 Å². The third kappa shape index (κ3) is 12.1. The first kappa shape index (κ1) is 30.7. The predicted octanol–water partition coefficient (Wildman–Crippen LogP) is 2.39. The summed E-state index contributed by atoms with van der Waals surface area (Å²) in [4.78, 5) is 18.9. The standard InChI is InChI=1S/C6H6Br2N2.C4H6BrNO4.C3H6BrNO4/c7-4-6(8,5-10)2-1-3-9;5-4(6(7)8)1-9-3-10-2-4;1-3(4,2(6)7)5(8)9/h1-2,4H2;1-3H2;2,6-7H,1H3. The Bertz CT molecular complexity index is 619. The lowest BCUT2D eigenvalue weighted by atomic mass is 10.1. The van der Waals surface area contributed by atoms with Crippen LogP contribution in [-0.2, 0) is 9.47 Å². The maximum absolute atomic E-state index is 10.3. The third-order valence-corrected chi connectivity index (χ3v) is 7.02. The molecular formula is C13H18Br4N4O8. The molecule has 2 atom stereocenters. The van der Waals surface area contributed by atoms with Crippen molar-refractivity contribution in [3.05, 3.63) is 20.2 Å². The summed E-state index contributed by atoms with van der Waals surface area (Å²) in [5, 5.41) is 54.2. The van der Waals surface area contributed by atoms with Crippen LogP contribution in [0.3, 0.4) is 0 Å². The van der Waals surface area contributed by atoms with Crippen LogP contribution < -0.4 is 0 Å². The van der Waals surface area contributed by atoms with Gasteiger partial charge >= 0.3 is 8.90 Å². The van der Waals surface area contributed by atoms with Gasteiger partial charge in [-0.3, -0.25) is 20.2 Å². The molecule has 0 radical (unpaired) electrons. The maximum Gasteiger partial charge on any atom is 0.321 e. The van der Waals surface area contributed by atoms with E-state index in [1.807, 2.05) is 6.07 Å². The van der Waals surface area contributed by atoms with Crippen molar-refractivity contribution in [1.29, 1.82) is 10.5 Å². The van der Waals surface area contributed by atoms with Gasteiger partial charge in [0.05, 0.1) is 12.1 Å². The highest BCUT2D eigenvalue weighted by atomic mass is 79.9. The Morgan fingerprint density at radius 1 is 1.24 bits per heavy atom. The Morgan fingerprint density at radius 3 is 1.93 bits per heavy atom. The van der Waals surface area contributed by atoms with E-state index >= 15 is 0 Å². The Hall–Kier alpha value is -0.460. The van der Waals surface area contributed by atoms with Crippen LogP contribution in [0.5, 0.6) is 0 Å². The number of hydrogen-bond acceptors (Lipinski definition) is 10. The van der Waals surface area contributed by atoms with E-state index in [9.17, 15) is 20.2 Å². The molecule has 0 aromatic carbocycles. The summed E-state index contributed by atoms with van der Waals surface area (Å²) in [6.45, 7) is 1.30. The molecular weight excluding hydrogens is 660 g/mol. The minimum Gasteiger partial charge on any atom is -0.362 e. The second kappa shape index (κ2) is 14.5. The van der Waals surface area contributed by atoms with Crippen molar-refractivity contribution in [2.75, 3.05) is 25.3 Å². The number of alkyl halides is 4. The average Bonchev–Trinajstić information content (AvgIpc) is 2.67. The molecule has 2 N–H and O–H groups in total. The minimum absolute atomic E-state index is 0.0556. The van der Waals surface area contributed by atoms with Gasteiger partial charge in [-0.1, -0.05) is 31.9 Å². The van der Waals surface area contributed by atoms with E-state index < -0.39 is 29.4 Å². The van der Waals surface area contributed by atoms with Crippen LogP contribution in [0, 0.1) is 42.9 Å². The molecule has 16 heteroatoms. The van der Waals surface area contributed by atoms with Gasteiger partial charge in [0.15, 0.2) is 0 Å². The van der Waals surface area contributed by atoms with E-state index in [4.69, 9.17) is 30.2 Å². The Kier molecular flexibility index (Phi) is 15.4. The zero-order chi connectivity index (χ0) is 23.3. The van der Waals surface area contributed by atoms with Crippen LogP contribution >= 0.6 is 63.7 Å². The van der Waals surface area contributed by atoms with Crippen molar-refractivity contribution in [2.45, 2.75) is 39.3 Å². The number of halogens is 4. The van der Waals surface area contributed by atoms with Crippen molar-refractivity contribution in [2.24, 2.45) is 0 Å². The first-order chi connectivity index (χ1) is 13.2. The van der Waals surface area contributed by atoms with Gasteiger partial charge < -0.3 is 19.7 Å². The monoisotopic (exact) mass is 674 g/mol. The van der Waals surface area contributed by atoms with Crippen molar-refractivity contribution in [3.8, 4) is 12.1 Å². The van der Waals surface area contributed by atoms with E-state index in [2.05, 4.69) is 69.8 Å². The van der Waals surface area contributed by atoms with Gasteiger partial charge in [-0.15, -0.1) is 0 Å². The van der Waals surface area contributed by atoms with E-state index in [-0.39, 0.29) is 20.0 Å². The number of aliphatic hydroxyl groups is 2. The molecule has 166 valence electrons. The molecule has 0 aliphatic carbocycles. The maximum atomic E-state index is 10.3. The molecule has 0 amide bonds. The van der Waals surface area contributed by atoms with E-state index in [0.717, 1.165) is 6.92 Å². The van der Waals surface area contributed by atoms with Crippen molar-refractivity contribution in [3.63, 3.8) is 0 Å². The van der Waals surface area contributed by atoms with Gasteiger partial charge in [-0.25, -0.2) is 0 Å². The Balaban J connectivity index is 0. The second-order valence-corrected chi connectivity index (χ2v) is 10.7. The quantitative estimate of drug-likeness (QED) is 0.139. The topological polar surface area (TPSA) is 193 Å². The van der Waals surface area contributed by atoms with Crippen molar-refractivity contribution in [1.82, 2.24) is 0 Å². The SMILES string of the molecule is CC(Br)(C(O)O)[N+](=O)[O-].N#CCCC(Br)(C#N)CBr.O=[N+]([O-])C1(Br)COCOC1. The first-order valence-corrected chi connectivity index (χ1v) is 10.9. The highest BCUT2D eigenvalue weighted by molar-refractivity contribution is 9.12. The fraction of sp³-hybridized carbons (Fsp3) is 0.846. The molecule has 1 rings (SSSR count). The molecule has 1 heterocycles. The molecule has 0 aromatic heterocycles. The highest BCUT2D eigenvalue weighted by Gasteiger charge is 2.43. The first-order valence-electron chi connectivity index (χ1n) is 7.44. The molecule has 1 aliphatic heterocycles. The van der Waals surface area contributed by atoms with Gasteiger partial charge in [0.1, 0.15) is 24.3 Å². The van der Waals surface area contributed by atoms with Gasteiger partial charge in [-0.05, 0) is 6.42 Å². The largest absolute Gasteiger partial charge is 0.362 e. The number of hydrogen-bond donors (Lipinski definition) is 2. The fourth-order valence-electron chi connectivity index (χ4n) is 1.10. The molecule has 1 fully saturated rings. The zero-order valence-corrected chi connectivity index (χ0v) is 21.3. The van der Waals surface area contributed by atoms with Crippen molar-refractivity contribution < 1.29 is 29.5 Å². The summed E-state index contributed by atoms with van der Waals surface area (Å²) < 4.78 is 5.83. The molecule has 12 nitrogen and oxygen atoms in total. The molecule has 0 saturated carbocycles. The molecule has 2 unspecified atom stereocenters. The molecule has 1 saturated heterocycles. The summed E-state index contributed by atoms with van der Waals surface area (Å²) in [5.74, 6) is 0. The average molecular weight is 678 g/mol. The number of nitriles is 2. The normalized spacial score (nSPS) is 18.8. The summed E-state index contributed by atoms with van der Waals surface area (Å²) in [6.07, 6.45) is -1.03. The highest BCUT2D eigenvalue weighted by Crippen LogP contribution is 2.25. The van der Waals surface area contributed by atoms with Crippen LogP contribution in [0.15, 0.2) is 0 Å². The van der Waals surface area contributed by atoms with Gasteiger partial charge in [0, 0.05) is 60.4 Å². The summed E-state index contributed by atoms with van der Waals surface area (Å²) >= 11 is 11.8. The Morgan fingerprint density at radius 2 is 1.72 bits per heavy atom. The van der Waals surface area contributed by atoms with E-state index in [1.54, 1.807) is 0 Å². The van der Waals surface area contributed by atoms with Gasteiger partial charge in [-0.2, -0.15) is 10.5 Å². The van der Waals surface area contributed by atoms with Crippen LogP contribution in [0.25, 0.3) is 0 Å². The summed E-state index contributed by atoms with van der Waals surface area (Å²) in [7, 11) is 0. The van der Waals surface area contributed by atoms with E-state index in [1.165, 1.54) is 0 Å². The lowest BCUT2D eigenvalue weighted by Crippen LogP contribution is -2.45. The lowest BCUT2D eigenvalue weighted by Gasteiger charge is -2.23. The van der Waals surface area contributed by atoms with Crippen LogP contribution in [0.1, 0.15) is 19.8 Å². The molecule has 0 aromatic rings. The molecule has 0 spiro atoms. The zero-order valence-electron chi connectivity index (χ0n) is 15.0. The number of nitrogens with zero attached hydrogens (tertiary/aromatic N) is 4. The number of rotatable bonds is 6. The predicted molar refractivity (Wildman–Crippen MR) is 114 cm³/mol. The number of aliphatic hydroxyl groups excluding tert-OH is 1. The van der Waals surface area contributed by atoms with Crippen LogP contribution in [0.4, 0.5) is 0 Å². The smallest absolute Gasteiger partial charge is 0.321 e. The number of nitro groups is 2. The van der Waals surface area contributed by atoms with Crippen molar-refractivity contribution >= 4 is 63.7 Å². The van der Waals surface area contributed by atoms with Gasteiger partial charge in [0.25, 0.3) is 0 Å². The van der Waals surface area contributed by atoms with Crippen LogP contribution in [-0.4, -0.2) is 64.9 Å². The molecule has 29 heavy (non-hydrogen) atoms.